The van der Waals surface area contributed by atoms with Crippen LogP contribution in [0.2, 0.25) is 5.02 Å². The maximum Gasteiger partial charge on any atom is 0.300 e. The molecule has 2 fully saturated rings. The molecule has 1 aromatic carbocycles. The average Bonchev–Trinajstić information content (AvgIpc) is 3.22. The number of carboxylic acids is 1. The summed E-state index contributed by atoms with van der Waals surface area (Å²) in [5.41, 5.74) is 6.98. The van der Waals surface area contributed by atoms with Crippen LogP contribution in [0, 0.1) is 0 Å². The highest BCUT2D eigenvalue weighted by Gasteiger charge is 2.36. The van der Waals surface area contributed by atoms with Gasteiger partial charge in [0.2, 0.25) is 0 Å². The number of likely N-dealkylation sites (tertiary alicyclic amines) is 1. The molecule has 176 valence electrons. The number of aliphatic carboxylic acids is 1. The SMILES string of the molecule is CC(=O)O.NC1=NN=C(N2CCC(N3C[C@H](CF)OC[C@@H]3Cc3ccc(Cl)cc3)CC2)C1. The van der Waals surface area contributed by atoms with Crippen LogP contribution < -0.4 is 5.73 Å². The molecule has 3 N–H and O–H groups in total. The fraction of sp³-hybridized carbons (Fsp3) is 0.591. The van der Waals surface area contributed by atoms with Gasteiger partial charge in [-0.1, -0.05) is 23.7 Å². The van der Waals surface area contributed by atoms with Crippen molar-refractivity contribution in [3.8, 4) is 0 Å². The standard InChI is InChI=1S/C20H27ClFN5O.C2H4O2/c21-15-3-1-14(2-4-15)9-17-13-28-18(11-22)12-27(17)16-5-7-26(8-6-16)20-10-19(23)24-25-20;1-2(3)4/h1-4,16-18H,5-13H2,(H2,23,24);1H3,(H,3,4)/t17-,18-;/m0./s1. The van der Waals surface area contributed by atoms with Gasteiger partial charge >= 0.3 is 0 Å². The Balaban J connectivity index is 0.000000668. The summed E-state index contributed by atoms with van der Waals surface area (Å²) < 4.78 is 19.1. The summed E-state index contributed by atoms with van der Waals surface area (Å²) in [5.74, 6) is 0.719. The van der Waals surface area contributed by atoms with Crippen molar-refractivity contribution >= 4 is 29.2 Å². The summed E-state index contributed by atoms with van der Waals surface area (Å²) in [7, 11) is 0. The van der Waals surface area contributed by atoms with Gasteiger partial charge in [-0.05, 0) is 37.0 Å². The van der Waals surface area contributed by atoms with Crippen LogP contribution in [0.3, 0.4) is 0 Å². The lowest BCUT2D eigenvalue weighted by atomic mass is 9.96. The lowest BCUT2D eigenvalue weighted by Gasteiger charge is -2.46. The molecule has 3 heterocycles. The van der Waals surface area contributed by atoms with Gasteiger partial charge in [-0.15, -0.1) is 10.2 Å². The third-order valence-corrected chi connectivity index (χ3v) is 6.15. The summed E-state index contributed by atoms with van der Waals surface area (Å²) in [6.07, 6.45) is 3.25. The summed E-state index contributed by atoms with van der Waals surface area (Å²) in [4.78, 5) is 13.8. The van der Waals surface area contributed by atoms with Gasteiger partial charge in [0, 0.05) is 43.7 Å². The van der Waals surface area contributed by atoms with Crippen molar-refractivity contribution in [2.45, 2.75) is 50.8 Å². The molecule has 32 heavy (non-hydrogen) atoms. The van der Waals surface area contributed by atoms with Gasteiger partial charge < -0.3 is 20.5 Å². The smallest absolute Gasteiger partial charge is 0.300 e. The first-order valence-corrected chi connectivity index (χ1v) is 11.2. The van der Waals surface area contributed by atoms with Gasteiger partial charge in [0.15, 0.2) is 0 Å². The van der Waals surface area contributed by atoms with E-state index in [-0.39, 0.29) is 12.1 Å². The number of piperidine rings is 1. The van der Waals surface area contributed by atoms with Crippen molar-refractivity contribution in [2.75, 3.05) is 32.9 Å². The molecule has 2 saturated heterocycles. The van der Waals surface area contributed by atoms with Crippen LogP contribution in [0.5, 0.6) is 0 Å². The molecule has 0 saturated carbocycles. The topological polar surface area (TPSA) is 104 Å². The molecule has 0 radical (unpaired) electrons. The molecule has 4 rings (SSSR count). The number of benzene rings is 1. The molecule has 0 spiro atoms. The average molecular weight is 468 g/mol. The van der Waals surface area contributed by atoms with E-state index in [1.807, 2.05) is 12.1 Å². The zero-order valence-electron chi connectivity index (χ0n) is 18.3. The van der Waals surface area contributed by atoms with E-state index in [9.17, 15) is 4.39 Å². The van der Waals surface area contributed by atoms with Crippen LogP contribution in [0.1, 0.15) is 31.7 Å². The predicted octanol–water partition coefficient (Wildman–Crippen LogP) is 2.55. The highest BCUT2D eigenvalue weighted by atomic mass is 35.5. The van der Waals surface area contributed by atoms with Gasteiger partial charge in [0.25, 0.3) is 5.97 Å². The minimum Gasteiger partial charge on any atom is -0.481 e. The van der Waals surface area contributed by atoms with Crippen molar-refractivity contribution in [1.29, 1.82) is 0 Å². The predicted molar refractivity (Wildman–Crippen MR) is 123 cm³/mol. The molecule has 1 aromatic rings. The second-order valence-electron chi connectivity index (χ2n) is 8.31. The van der Waals surface area contributed by atoms with Gasteiger partial charge in [-0.2, -0.15) is 0 Å². The molecule has 3 aliphatic heterocycles. The van der Waals surface area contributed by atoms with Gasteiger partial charge in [0.05, 0.1) is 19.1 Å². The molecule has 0 amide bonds. The first kappa shape index (κ1) is 24.4. The minimum absolute atomic E-state index is 0.253. The highest BCUT2D eigenvalue weighted by Crippen LogP contribution is 2.26. The van der Waals surface area contributed by atoms with Crippen LogP contribution in [-0.2, 0) is 16.0 Å². The number of nitrogens with zero attached hydrogens (tertiary/aromatic N) is 4. The number of amidine groups is 2. The second kappa shape index (κ2) is 11.6. The Bertz CT molecular complexity index is 823. The molecule has 0 unspecified atom stereocenters. The molecule has 2 atom stereocenters. The molecule has 0 aliphatic carbocycles. The molecule has 0 aromatic heterocycles. The molecular formula is C22H31ClFN5O3. The monoisotopic (exact) mass is 467 g/mol. The number of hydrogen-bond donors (Lipinski definition) is 2. The Hall–Kier alpha value is -2.23. The molecule has 3 aliphatic rings. The third-order valence-electron chi connectivity index (χ3n) is 5.90. The largest absolute Gasteiger partial charge is 0.481 e. The summed E-state index contributed by atoms with van der Waals surface area (Å²) >= 11 is 6.01. The van der Waals surface area contributed by atoms with Gasteiger partial charge in [0.1, 0.15) is 18.3 Å². The number of hydrogen-bond acceptors (Lipinski definition) is 7. The number of rotatable bonds is 4. The first-order valence-electron chi connectivity index (χ1n) is 10.9. The van der Waals surface area contributed by atoms with E-state index in [4.69, 9.17) is 32.0 Å². The maximum atomic E-state index is 13.3. The number of morpholine rings is 1. The van der Waals surface area contributed by atoms with E-state index in [1.165, 1.54) is 5.56 Å². The van der Waals surface area contributed by atoms with E-state index in [1.54, 1.807) is 0 Å². The van der Waals surface area contributed by atoms with Crippen molar-refractivity contribution in [1.82, 2.24) is 9.80 Å². The van der Waals surface area contributed by atoms with E-state index >= 15 is 0 Å². The number of alkyl halides is 1. The Morgan fingerprint density at radius 1 is 1.28 bits per heavy atom. The fourth-order valence-electron chi connectivity index (χ4n) is 4.37. The lowest BCUT2D eigenvalue weighted by Crippen LogP contribution is -2.57. The van der Waals surface area contributed by atoms with Crippen LogP contribution in [0.15, 0.2) is 34.5 Å². The number of carbonyl (C=O) groups is 1. The van der Waals surface area contributed by atoms with E-state index in [2.05, 4.69) is 32.1 Å². The zero-order valence-corrected chi connectivity index (χ0v) is 19.0. The number of halogens is 2. The summed E-state index contributed by atoms with van der Waals surface area (Å²) in [6, 6.07) is 8.64. The Morgan fingerprint density at radius 2 is 1.94 bits per heavy atom. The van der Waals surface area contributed by atoms with Crippen molar-refractivity contribution in [3.05, 3.63) is 34.9 Å². The van der Waals surface area contributed by atoms with Crippen molar-refractivity contribution < 1.29 is 19.0 Å². The van der Waals surface area contributed by atoms with Crippen LogP contribution in [-0.4, -0.2) is 83.7 Å². The molecule has 10 heteroatoms. The Kier molecular flexibility index (Phi) is 8.84. The second-order valence-corrected chi connectivity index (χ2v) is 8.75. The first-order chi connectivity index (χ1) is 15.4. The number of nitrogens with two attached hydrogens (primary N) is 1. The molecular weight excluding hydrogens is 437 g/mol. The molecule has 0 bridgehead atoms. The molecule has 8 nitrogen and oxygen atoms in total. The number of carboxylic acid groups (broad SMARTS) is 1. The van der Waals surface area contributed by atoms with E-state index in [0.717, 1.165) is 50.1 Å². The highest BCUT2D eigenvalue weighted by molar-refractivity contribution is 6.30. The third kappa shape index (κ3) is 6.88. The van der Waals surface area contributed by atoms with Gasteiger partial charge in [-0.25, -0.2) is 4.39 Å². The van der Waals surface area contributed by atoms with E-state index < -0.39 is 12.6 Å². The normalized spacial score (nSPS) is 24.4. The maximum absolute atomic E-state index is 13.3. The van der Waals surface area contributed by atoms with Crippen LogP contribution in [0.4, 0.5) is 4.39 Å². The van der Waals surface area contributed by atoms with Gasteiger partial charge in [-0.3, -0.25) is 9.69 Å². The van der Waals surface area contributed by atoms with Crippen molar-refractivity contribution in [3.63, 3.8) is 0 Å². The van der Waals surface area contributed by atoms with Crippen LogP contribution in [0.25, 0.3) is 0 Å². The van der Waals surface area contributed by atoms with E-state index in [0.29, 0.717) is 31.4 Å². The minimum atomic E-state index is -0.833. The van der Waals surface area contributed by atoms with Crippen LogP contribution >= 0.6 is 11.6 Å². The quantitative estimate of drug-likeness (QED) is 0.705. The summed E-state index contributed by atoms with van der Waals surface area (Å²) in [5, 5.41) is 16.3. The fourth-order valence-corrected chi connectivity index (χ4v) is 4.50. The van der Waals surface area contributed by atoms with Crippen molar-refractivity contribution in [2.24, 2.45) is 15.9 Å². The Labute approximate surface area is 192 Å². The number of ether oxygens (including phenoxy) is 1. The lowest BCUT2D eigenvalue weighted by molar-refractivity contribution is -0.134. The zero-order chi connectivity index (χ0) is 23.1. The Morgan fingerprint density at radius 3 is 2.50 bits per heavy atom. The summed E-state index contributed by atoms with van der Waals surface area (Å²) in [6.45, 7) is 3.72.